The molecule has 0 N–H and O–H groups in total. The van der Waals surface area contributed by atoms with Gasteiger partial charge in [0.1, 0.15) is 0 Å². The van der Waals surface area contributed by atoms with Crippen molar-refractivity contribution < 1.29 is 4.79 Å². The van der Waals surface area contributed by atoms with Gasteiger partial charge in [-0.05, 0) is 17.7 Å². The van der Waals surface area contributed by atoms with Gasteiger partial charge in [-0.3, -0.25) is 4.79 Å². The van der Waals surface area contributed by atoms with Crippen LogP contribution in [0.4, 0.5) is 0 Å². The Hall–Kier alpha value is -0.870. The van der Waals surface area contributed by atoms with Crippen LogP contribution in [0, 0.1) is 0 Å². The van der Waals surface area contributed by atoms with E-state index in [1.807, 2.05) is 24.3 Å². The molecule has 5 heteroatoms. The Balaban J connectivity index is 2.26. The normalized spacial score (nSPS) is 19.4. The molecular formula is C12H12BrClN2O. The summed E-state index contributed by atoms with van der Waals surface area (Å²) in [6, 6.07) is 7.63. The number of halogens is 2. The van der Waals surface area contributed by atoms with Gasteiger partial charge in [0.15, 0.2) is 0 Å². The minimum absolute atomic E-state index is 0.0292. The van der Waals surface area contributed by atoms with E-state index in [-0.39, 0.29) is 11.9 Å². The summed E-state index contributed by atoms with van der Waals surface area (Å²) in [7, 11) is 0. The highest BCUT2D eigenvalue weighted by Crippen LogP contribution is 2.22. The lowest BCUT2D eigenvalue weighted by Crippen LogP contribution is -2.31. The van der Waals surface area contributed by atoms with Crippen LogP contribution in [-0.2, 0) is 4.79 Å². The maximum atomic E-state index is 11.4. The number of hydrogen-bond donors (Lipinski definition) is 0. The van der Waals surface area contributed by atoms with Crippen molar-refractivity contribution in [2.75, 3.05) is 5.33 Å². The zero-order valence-corrected chi connectivity index (χ0v) is 11.7. The standard InChI is InChI=1S/C12H12BrClN2O/c1-8(17)16-11(7-13)6-12(15-16)9-2-4-10(14)5-3-9/h2-5,11H,6-7H2,1H3. The van der Waals surface area contributed by atoms with Gasteiger partial charge in [0.25, 0.3) is 0 Å². The molecule has 1 amide bonds. The molecule has 1 aliphatic rings. The van der Waals surface area contributed by atoms with Crippen LogP contribution in [0.15, 0.2) is 29.4 Å². The van der Waals surface area contributed by atoms with Crippen molar-refractivity contribution in [3.05, 3.63) is 34.9 Å². The molecule has 1 unspecified atom stereocenters. The predicted octanol–water partition coefficient (Wildman–Crippen LogP) is 3.06. The topological polar surface area (TPSA) is 32.7 Å². The Morgan fingerprint density at radius 2 is 2.18 bits per heavy atom. The summed E-state index contributed by atoms with van der Waals surface area (Å²) < 4.78 is 0. The Bertz CT molecular complexity index is 458. The molecule has 0 saturated carbocycles. The number of amides is 1. The molecular weight excluding hydrogens is 304 g/mol. The highest BCUT2D eigenvalue weighted by molar-refractivity contribution is 9.09. The van der Waals surface area contributed by atoms with Crippen molar-refractivity contribution in [1.82, 2.24) is 5.01 Å². The molecule has 0 fully saturated rings. The fourth-order valence-corrected chi connectivity index (χ4v) is 2.46. The van der Waals surface area contributed by atoms with Crippen molar-refractivity contribution in [2.45, 2.75) is 19.4 Å². The third kappa shape index (κ3) is 2.69. The highest BCUT2D eigenvalue weighted by Gasteiger charge is 2.28. The molecule has 90 valence electrons. The molecule has 0 spiro atoms. The van der Waals surface area contributed by atoms with Crippen LogP contribution in [0.2, 0.25) is 5.02 Å². The fraction of sp³-hybridized carbons (Fsp3) is 0.333. The summed E-state index contributed by atoms with van der Waals surface area (Å²) in [5.41, 5.74) is 1.95. The molecule has 0 saturated heterocycles. The van der Waals surface area contributed by atoms with Crippen LogP contribution in [0.25, 0.3) is 0 Å². The predicted molar refractivity (Wildman–Crippen MR) is 72.7 cm³/mol. The van der Waals surface area contributed by atoms with Crippen molar-refractivity contribution in [3.8, 4) is 0 Å². The van der Waals surface area contributed by atoms with Crippen LogP contribution in [-0.4, -0.2) is 28.0 Å². The summed E-state index contributed by atoms with van der Waals surface area (Å²) in [6.07, 6.45) is 0.770. The van der Waals surface area contributed by atoms with Crippen LogP contribution in [0.3, 0.4) is 0 Å². The molecule has 3 nitrogen and oxygen atoms in total. The molecule has 0 aromatic heterocycles. The first kappa shape index (κ1) is 12.6. The van der Waals surface area contributed by atoms with Crippen molar-refractivity contribution in [3.63, 3.8) is 0 Å². The molecule has 1 aliphatic heterocycles. The van der Waals surface area contributed by atoms with Gasteiger partial charge in [-0.2, -0.15) is 5.10 Å². The zero-order valence-electron chi connectivity index (χ0n) is 9.36. The second-order valence-corrected chi connectivity index (χ2v) is 5.01. The molecule has 0 radical (unpaired) electrons. The molecule has 1 aromatic carbocycles. The molecule has 2 rings (SSSR count). The quantitative estimate of drug-likeness (QED) is 0.772. The average molecular weight is 316 g/mol. The third-order valence-electron chi connectivity index (χ3n) is 2.68. The van der Waals surface area contributed by atoms with E-state index in [2.05, 4.69) is 21.0 Å². The monoisotopic (exact) mass is 314 g/mol. The number of carbonyl (C=O) groups excluding carboxylic acids is 1. The molecule has 0 bridgehead atoms. The first-order chi connectivity index (χ1) is 8.11. The van der Waals surface area contributed by atoms with Crippen molar-refractivity contribution in [1.29, 1.82) is 0 Å². The van der Waals surface area contributed by atoms with Gasteiger partial charge in [-0.25, -0.2) is 5.01 Å². The average Bonchev–Trinajstić information content (AvgIpc) is 2.74. The van der Waals surface area contributed by atoms with Crippen LogP contribution in [0.5, 0.6) is 0 Å². The second kappa shape index (κ2) is 5.19. The molecule has 1 aromatic rings. The van der Waals surface area contributed by atoms with Gasteiger partial charge in [0, 0.05) is 23.7 Å². The van der Waals surface area contributed by atoms with Gasteiger partial charge < -0.3 is 0 Å². The first-order valence-corrected chi connectivity index (χ1v) is 6.81. The third-order valence-corrected chi connectivity index (χ3v) is 3.68. The van der Waals surface area contributed by atoms with Crippen molar-refractivity contribution >= 4 is 39.1 Å². The minimum Gasteiger partial charge on any atom is -0.273 e. The number of benzene rings is 1. The molecule has 1 atom stereocenters. The van der Waals surface area contributed by atoms with Gasteiger partial charge in [-0.1, -0.05) is 39.7 Å². The lowest BCUT2D eigenvalue weighted by Gasteiger charge is -2.16. The van der Waals surface area contributed by atoms with E-state index in [0.29, 0.717) is 5.02 Å². The van der Waals surface area contributed by atoms with E-state index < -0.39 is 0 Å². The number of rotatable bonds is 2. The highest BCUT2D eigenvalue weighted by atomic mass is 79.9. The number of hydrogen-bond acceptors (Lipinski definition) is 2. The first-order valence-electron chi connectivity index (χ1n) is 5.31. The SMILES string of the molecule is CC(=O)N1N=C(c2ccc(Cl)cc2)CC1CBr. The van der Waals surface area contributed by atoms with E-state index in [9.17, 15) is 4.79 Å². The van der Waals surface area contributed by atoms with E-state index in [1.165, 1.54) is 6.92 Å². The largest absolute Gasteiger partial charge is 0.273 e. The minimum atomic E-state index is -0.0292. The number of hydrazone groups is 1. The summed E-state index contributed by atoms with van der Waals surface area (Å²) in [5, 5.41) is 7.34. The van der Waals surface area contributed by atoms with Gasteiger partial charge in [-0.15, -0.1) is 0 Å². The summed E-state index contributed by atoms with van der Waals surface area (Å²) in [5.74, 6) is -0.0292. The fourth-order valence-electron chi connectivity index (χ4n) is 1.83. The lowest BCUT2D eigenvalue weighted by atomic mass is 10.1. The van der Waals surface area contributed by atoms with Crippen LogP contribution in [0.1, 0.15) is 18.9 Å². The maximum absolute atomic E-state index is 11.4. The lowest BCUT2D eigenvalue weighted by molar-refractivity contribution is -0.129. The Morgan fingerprint density at radius 3 is 2.65 bits per heavy atom. The Kier molecular flexibility index (Phi) is 3.84. The van der Waals surface area contributed by atoms with E-state index >= 15 is 0 Å². The zero-order chi connectivity index (χ0) is 12.4. The van der Waals surface area contributed by atoms with E-state index in [4.69, 9.17) is 11.6 Å². The summed E-state index contributed by atoms with van der Waals surface area (Å²) >= 11 is 9.25. The summed E-state index contributed by atoms with van der Waals surface area (Å²) in [6.45, 7) is 1.53. The van der Waals surface area contributed by atoms with Crippen LogP contribution < -0.4 is 0 Å². The molecule has 17 heavy (non-hydrogen) atoms. The maximum Gasteiger partial charge on any atom is 0.239 e. The number of alkyl halides is 1. The molecule has 0 aliphatic carbocycles. The van der Waals surface area contributed by atoms with Crippen LogP contribution >= 0.6 is 27.5 Å². The number of nitrogens with zero attached hydrogens (tertiary/aromatic N) is 2. The van der Waals surface area contributed by atoms with E-state index in [0.717, 1.165) is 23.0 Å². The second-order valence-electron chi connectivity index (χ2n) is 3.93. The molecule has 1 heterocycles. The van der Waals surface area contributed by atoms with E-state index in [1.54, 1.807) is 5.01 Å². The van der Waals surface area contributed by atoms with Crippen molar-refractivity contribution in [2.24, 2.45) is 5.10 Å². The number of carbonyl (C=O) groups is 1. The summed E-state index contributed by atoms with van der Waals surface area (Å²) in [4.78, 5) is 11.4. The Labute approximate surface area is 114 Å². The smallest absolute Gasteiger partial charge is 0.239 e. The van der Waals surface area contributed by atoms with Gasteiger partial charge in [0.2, 0.25) is 5.91 Å². The van der Waals surface area contributed by atoms with Gasteiger partial charge >= 0.3 is 0 Å². The Morgan fingerprint density at radius 1 is 1.53 bits per heavy atom. The van der Waals surface area contributed by atoms with Gasteiger partial charge in [0.05, 0.1) is 11.8 Å².